The van der Waals surface area contributed by atoms with Crippen molar-refractivity contribution in [2.75, 3.05) is 13.6 Å². The Hall–Kier alpha value is -0.570. The summed E-state index contributed by atoms with van der Waals surface area (Å²) < 4.78 is 7.47. The summed E-state index contributed by atoms with van der Waals surface area (Å²) in [7, 11) is 0.170. The standard InChI is InChI=1S/C12H24N2O/c1-4-5-6-7-10-8-9-14(3)12(10,2)11(13)15/h10H,4-9H2,1-3H3,(H2,13,15)/t10?,12-/m0/s1/i3D. The third-order valence-electron chi connectivity index (χ3n) is 3.85. The first kappa shape index (κ1) is 10.9. The van der Waals surface area contributed by atoms with Gasteiger partial charge in [0.05, 0.1) is 5.54 Å². The highest BCUT2D eigenvalue weighted by Crippen LogP contribution is 2.36. The number of likely N-dealkylation sites (N-methyl/N-ethyl adjacent to an activating group) is 1. The topological polar surface area (TPSA) is 46.3 Å². The van der Waals surface area contributed by atoms with E-state index < -0.39 is 5.54 Å². The van der Waals surface area contributed by atoms with E-state index in [0.717, 1.165) is 25.8 Å². The van der Waals surface area contributed by atoms with Gasteiger partial charge in [-0.05, 0) is 39.3 Å². The smallest absolute Gasteiger partial charge is 0.237 e. The summed E-state index contributed by atoms with van der Waals surface area (Å²) in [5.41, 5.74) is 4.94. The van der Waals surface area contributed by atoms with E-state index >= 15 is 0 Å². The maximum Gasteiger partial charge on any atom is 0.237 e. The van der Waals surface area contributed by atoms with Crippen molar-refractivity contribution < 1.29 is 6.17 Å². The zero-order valence-electron chi connectivity index (χ0n) is 11.0. The highest BCUT2D eigenvalue weighted by molar-refractivity contribution is 5.85. The van der Waals surface area contributed by atoms with Crippen molar-refractivity contribution in [3.05, 3.63) is 0 Å². The number of amides is 1. The number of rotatable bonds is 5. The minimum Gasteiger partial charge on any atom is -0.368 e. The van der Waals surface area contributed by atoms with Gasteiger partial charge in [0.15, 0.2) is 0 Å². The van der Waals surface area contributed by atoms with Crippen molar-refractivity contribution in [1.82, 2.24) is 4.90 Å². The maximum absolute atomic E-state index is 11.6. The van der Waals surface area contributed by atoms with Gasteiger partial charge in [0, 0.05) is 1.37 Å². The van der Waals surface area contributed by atoms with Crippen molar-refractivity contribution >= 4 is 5.91 Å². The van der Waals surface area contributed by atoms with Crippen molar-refractivity contribution in [3.63, 3.8) is 0 Å². The van der Waals surface area contributed by atoms with Crippen molar-refractivity contribution in [2.45, 2.75) is 51.5 Å². The molecule has 1 aliphatic heterocycles. The van der Waals surface area contributed by atoms with E-state index in [1.165, 1.54) is 12.8 Å². The molecule has 0 aromatic carbocycles. The number of unbranched alkanes of at least 4 members (excludes halogenated alkanes) is 2. The molecule has 0 saturated carbocycles. The van der Waals surface area contributed by atoms with Crippen LogP contribution in [0.4, 0.5) is 0 Å². The van der Waals surface area contributed by atoms with Gasteiger partial charge in [-0.15, -0.1) is 0 Å². The second-order valence-corrected chi connectivity index (χ2v) is 4.76. The molecule has 0 aliphatic carbocycles. The summed E-state index contributed by atoms with van der Waals surface area (Å²) in [4.78, 5) is 13.5. The summed E-state index contributed by atoms with van der Waals surface area (Å²) >= 11 is 0. The van der Waals surface area contributed by atoms with Crippen LogP contribution < -0.4 is 5.73 Å². The third-order valence-corrected chi connectivity index (χ3v) is 3.85. The van der Waals surface area contributed by atoms with Gasteiger partial charge >= 0.3 is 0 Å². The number of nitrogens with zero attached hydrogens (tertiary/aromatic N) is 1. The zero-order chi connectivity index (χ0) is 12.2. The lowest BCUT2D eigenvalue weighted by molar-refractivity contribution is -0.129. The van der Waals surface area contributed by atoms with Gasteiger partial charge in [-0.25, -0.2) is 0 Å². The van der Waals surface area contributed by atoms with Crippen molar-refractivity contribution in [3.8, 4) is 0 Å². The molecule has 3 heteroatoms. The van der Waals surface area contributed by atoms with Gasteiger partial charge in [-0.1, -0.05) is 26.2 Å². The number of likely N-dealkylation sites (tertiary alicyclic amines) is 1. The molecule has 3 nitrogen and oxygen atoms in total. The Morgan fingerprint density at radius 3 is 2.93 bits per heavy atom. The number of nitrogens with two attached hydrogens (primary N) is 1. The molecule has 0 aromatic heterocycles. The lowest BCUT2D eigenvalue weighted by Crippen LogP contribution is -2.53. The number of hydrogen-bond acceptors (Lipinski definition) is 2. The lowest BCUT2D eigenvalue weighted by Gasteiger charge is -2.34. The summed E-state index contributed by atoms with van der Waals surface area (Å²) in [5.74, 6) is 0.0700. The van der Waals surface area contributed by atoms with Gasteiger partial charge in [0.2, 0.25) is 5.91 Å². The molecule has 2 N–H and O–H groups in total. The van der Waals surface area contributed by atoms with Crippen LogP contribution in [0.2, 0.25) is 0 Å². The van der Waals surface area contributed by atoms with E-state index in [-0.39, 0.29) is 12.9 Å². The van der Waals surface area contributed by atoms with Gasteiger partial charge in [-0.2, -0.15) is 0 Å². The molecule has 1 rings (SSSR count). The normalized spacial score (nSPS) is 32.9. The van der Waals surface area contributed by atoms with Crippen LogP contribution in [0.15, 0.2) is 0 Å². The molecule has 0 spiro atoms. The van der Waals surface area contributed by atoms with Crippen LogP contribution in [-0.4, -0.2) is 29.9 Å². The Morgan fingerprint density at radius 2 is 2.40 bits per heavy atom. The second kappa shape index (κ2) is 4.97. The molecule has 1 saturated heterocycles. The highest BCUT2D eigenvalue weighted by Gasteiger charge is 2.47. The van der Waals surface area contributed by atoms with Gasteiger partial charge in [0.1, 0.15) is 0 Å². The average molecular weight is 213 g/mol. The SMILES string of the molecule is [2H]CN1CCC(CCCCC)[C@@]1(C)C(N)=O. The second-order valence-electron chi connectivity index (χ2n) is 4.76. The first-order valence-corrected chi connectivity index (χ1v) is 5.91. The largest absolute Gasteiger partial charge is 0.368 e. The molecular weight excluding hydrogens is 188 g/mol. The molecule has 88 valence electrons. The Kier molecular flexibility index (Phi) is 3.62. The van der Waals surface area contributed by atoms with Gasteiger partial charge in [0.25, 0.3) is 0 Å². The van der Waals surface area contributed by atoms with Crippen LogP contribution in [0.3, 0.4) is 0 Å². The molecular formula is C12H24N2O. The van der Waals surface area contributed by atoms with E-state index in [2.05, 4.69) is 6.92 Å². The quantitative estimate of drug-likeness (QED) is 0.707. The molecule has 1 fully saturated rings. The molecule has 1 unspecified atom stereocenters. The Morgan fingerprint density at radius 1 is 1.67 bits per heavy atom. The van der Waals surface area contributed by atoms with E-state index in [0.29, 0.717) is 5.92 Å². The summed E-state index contributed by atoms with van der Waals surface area (Å²) in [6, 6.07) is 0. The Balaban J connectivity index is 2.66. The zero-order valence-corrected chi connectivity index (χ0v) is 9.96. The molecule has 1 heterocycles. The third kappa shape index (κ3) is 2.33. The van der Waals surface area contributed by atoms with Crippen LogP contribution >= 0.6 is 0 Å². The van der Waals surface area contributed by atoms with Crippen molar-refractivity contribution in [1.29, 1.82) is 0 Å². The fourth-order valence-electron chi connectivity index (χ4n) is 2.51. The van der Waals surface area contributed by atoms with Crippen LogP contribution in [0.5, 0.6) is 0 Å². The van der Waals surface area contributed by atoms with Crippen molar-refractivity contribution in [2.24, 2.45) is 11.7 Å². The van der Waals surface area contributed by atoms with E-state index in [1.54, 1.807) is 0 Å². The number of carbonyl (C=O) groups excluding carboxylic acids is 1. The first-order chi connectivity index (χ1) is 7.57. The number of primary amides is 1. The van der Waals surface area contributed by atoms with E-state index in [1.807, 2.05) is 11.8 Å². The fraction of sp³-hybridized carbons (Fsp3) is 0.917. The summed E-state index contributed by atoms with van der Waals surface area (Å²) in [5, 5.41) is 0. The van der Waals surface area contributed by atoms with Gasteiger partial charge < -0.3 is 5.73 Å². The lowest BCUT2D eigenvalue weighted by atomic mass is 9.82. The molecule has 15 heavy (non-hydrogen) atoms. The summed E-state index contributed by atoms with van der Waals surface area (Å²) in [6.07, 6.45) is 5.63. The molecule has 0 bridgehead atoms. The van der Waals surface area contributed by atoms with Gasteiger partial charge in [-0.3, -0.25) is 9.69 Å². The van der Waals surface area contributed by atoms with Crippen LogP contribution in [-0.2, 0) is 4.79 Å². The van der Waals surface area contributed by atoms with E-state index in [4.69, 9.17) is 7.10 Å². The number of hydrogen-bond donors (Lipinski definition) is 1. The molecule has 1 aliphatic rings. The van der Waals surface area contributed by atoms with E-state index in [9.17, 15) is 4.79 Å². The fourth-order valence-corrected chi connectivity index (χ4v) is 2.51. The summed E-state index contributed by atoms with van der Waals surface area (Å²) in [6.45, 7) is 4.92. The highest BCUT2D eigenvalue weighted by atomic mass is 16.1. The first-order valence-electron chi connectivity index (χ1n) is 6.62. The molecule has 0 radical (unpaired) electrons. The Labute approximate surface area is 94.4 Å². The maximum atomic E-state index is 11.6. The molecule has 2 atom stereocenters. The Bertz CT molecular complexity index is 247. The molecule has 1 amide bonds. The van der Waals surface area contributed by atoms with Crippen LogP contribution in [0, 0.1) is 5.92 Å². The monoisotopic (exact) mass is 213 g/mol. The predicted octanol–water partition coefficient (Wildman–Crippen LogP) is 1.76. The predicted molar refractivity (Wildman–Crippen MR) is 62.5 cm³/mol. The minimum atomic E-state index is -0.588. The number of carbonyl (C=O) groups is 1. The average Bonchev–Trinajstić information content (AvgIpc) is 2.58. The molecule has 0 aromatic rings. The van der Waals surface area contributed by atoms with Crippen LogP contribution in [0.25, 0.3) is 0 Å². The minimum absolute atomic E-state index is 0.170. The van der Waals surface area contributed by atoms with Crippen LogP contribution in [0.1, 0.15) is 47.3 Å².